The third-order valence-corrected chi connectivity index (χ3v) is 5.34. The molecule has 1 atom stereocenters. The molecule has 1 unspecified atom stereocenters. The highest BCUT2D eigenvalue weighted by molar-refractivity contribution is 5.95. The summed E-state index contributed by atoms with van der Waals surface area (Å²) >= 11 is 0. The molecule has 2 heterocycles. The van der Waals surface area contributed by atoms with Crippen LogP contribution in [0.1, 0.15) is 48.9 Å². The molecule has 0 aromatic heterocycles. The first-order valence-electron chi connectivity index (χ1n) is 9.73. The molecule has 6 heteroatoms. The number of nitrogens with zero attached hydrogens (tertiary/aromatic N) is 2. The number of rotatable bonds is 3. The van der Waals surface area contributed by atoms with Crippen molar-refractivity contribution >= 4 is 17.6 Å². The van der Waals surface area contributed by atoms with Crippen LogP contribution >= 0.6 is 0 Å². The van der Waals surface area contributed by atoms with Crippen LogP contribution in [0.4, 0.5) is 10.5 Å². The van der Waals surface area contributed by atoms with Crippen LogP contribution in [0.25, 0.3) is 0 Å². The maximum absolute atomic E-state index is 12.6. The number of aliphatic hydroxyl groups excluding tert-OH is 1. The number of benzene rings is 1. The van der Waals surface area contributed by atoms with Gasteiger partial charge in [-0.3, -0.25) is 4.79 Å². The van der Waals surface area contributed by atoms with Gasteiger partial charge < -0.3 is 20.2 Å². The summed E-state index contributed by atoms with van der Waals surface area (Å²) in [6.07, 6.45) is 6.43. The highest BCUT2D eigenvalue weighted by atomic mass is 16.3. The number of hydrogen-bond donors (Lipinski definition) is 2. The van der Waals surface area contributed by atoms with E-state index in [2.05, 4.69) is 5.32 Å². The lowest BCUT2D eigenvalue weighted by atomic mass is 9.99. The molecule has 2 saturated heterocycles. The first-order valence-corrected chi connectivity index (χ1v) is 9.73. The van der Waals surface area contributed by atoms with Gasteiger partial charge in [0, 0.05) is 44.0 Å². The maximum atomic E-state index is 12.6. The lowest BCUT2D eigenvalue weighted by Crippen LogP contribution is -2.43. The predicted octanol–water partition coefficient (Wildman–Crippen LogP) is 2.94. The van der Waals surface area contributed by atoms with Crippen molar-refractivity contribution in [3.8, 4) is 0 Å². The summed E-state index contributed by atoms with van der Waals surface area (Å²) in [5.74, 6) is 0.245. The molecule has 1 aromatic rings. The first kappa shape index (κ1) is 18.7. The van der Waals surface area contributed by atoms with Crippen molar-refractivity contribution in [3.05, 3.63) is 29.8 Å². The monoisotopic (exact) mass is 359 g/mol. The van der Waals surface area contributed by atoms with E-state index in [1.807, 2.05) is 4.90 Å². The van der Waals surface area contributed by atoms with E-state index >= 15 is 0 Å². The van der Waals surface area contributed by atoms with Crippen LogP contribution in [-0.2, 0) is 0 Å². The minimum atomic E-state index is -0.144. The third-order valence-electron chi connectivity index (χ3n) is 5.34. The largest absolute Gasteiger partial charge is 0.396 e. The molecular formula is C20H29N3O3. The second-order valence-corrected chi connectivity index (χ2v) is 7.35. The quantitative estimate of drug-likeness (QED) is 0.871. The zero-order chi connectivity index (χ0) is 18.4. The Morgan fingerprint density at radius 2 is 1.62 bits per heavy atom. The van der Waals surface area contributed by atoms with Crippen LogP contribution in [0.5, 0.6) is 0 Å². The molecule has 3 rings (SSSR count). The standard InChI is InChI=1S/C20H29N3O3/c24-15-16-6-5-13-23(14-16)20(26)21-18-9-7-17(8-10-18)19(25)22-11-3-1-2-4-12-22/h7-10,16,24H,1-6,11-15H2,(H,21,26). The Morgan fingerprint density at radius 1 is 0.962 bits per heavy atom. The van der Waals surface area contributed by atoms with Gasteiger partial charge in [-0.1, -0.05) is 12.8 Å². The number of urea groups is 1. The molecule has 2 fully saturated rings. The van der Waals surface area contributed by atoms with Crippen LogP contribution in [0.2, 0.25) is 0 Å². The Bertz CT molecular complexity index is 609. The lowest BCUT2D eigenvalue weighted by molar-refractivity contribution is 0.0761. The smallest absolute Gasteiger partial charge is 0.321 e. The van der Waals surface area contributed by atoms with E-state index < -0.39 is 0 Å². The van der Waals surface area contributed by atoms with Gasteiger partial charge >= 0.3 is 6.03 Å². The van der Waals surface area contributed by atoms with E-state index in [0.717, 1.165) is 38.8 Å². The zero-order valence-electron chi connectivity index (χ0n) is 15.3. The third kappa shape index (κ3) is 4.75. The highest BCUT2D eigenvalue weighted by Gasteiger charge is 2.23. The Balaban J connectivity index is 1.57. The number of piperidine rings is 1. The van der Waals surface area contributed by atoms with E-state index in [4.69, 9.17) is 0 Å². The number of amides is 3. The zero-order valence-corrected chi connectivity index (χ0v) is 15.3. The van der Waals surface area contributed by atoms with E-state index in [0.29, 0.717) is 24.3 Å². The second kappa shape index (κ2) is 9.03. The minimum absolute atomic E-state index is 0.0756. The average molecular weight is 359 g/mol. The van der Waals surface area contributed by atoms with Gasteiger partial charge in [-0.15, -0.1) is 0 Å². The number of hydrogen-bond acceptors (Lipinski definition) is 3. The van der Waals surface area contributed by atoms with Gasteiger partial charge in [0.15, 0.2) is 0 Å². The summed E-state index contributed by atoms with van der Waals surface area (Å²) in [4.78, 5) is 28.7. The molecule has 0 saturated carbocycles. The minimum Gasteiger partial charge on any atom is -0.396 e. The molecule has 26 heavy (non-hydrogen) atoms. The fourth-order valence-electron chi connectivity index (χ4n) is 3.75. The molecular weight excluding hydrogens is 330 g/mol. The SMILES string of the molecule is O=C(Nc1ccc(C(=O)N2CCCCCC2)cc1)N1CCCC(CO)C1. The van der Waals surface area contributed by atoms with Crippen molar-refractivity contribution < 1.29 is 14.7 Å². The van der Waals surface area contributed by atoms with E-state index in [1.54, 1.807) is 29.2 Å². The first-order chi connectivity index (χ1) is 12.7. The molecule has 142 valence electrons. The molecule has 0 radical (unpaired) electrons. The molecule has 0 spiro atoms. The highest BCUT2D eigenvalue weighted by Crippen LogP contribution is 2.19. The van der Waals surface area contributed by atoms with Crippen LogP contribution in [0.15, 0.2) is 24.3 Å². The van der Waals surface area contributed by atoms with Gasteiger partial charge in [-0.25, -0.2) is 4.79 Å². The summed E-state index contributed by atoms with van der Waals surface area (Å²) in [5.41, 5.74) is 1.36. The average Bonchev–Trinajstić information content (AvgIpc) is 2.97. The fraction of sp³-hybridized carbons (Fsp3) is 0.600. The summed E-state index contributed by atoms with van der Waals surface area (Å²) in [7, 11) is 0. The summed E-state index contributed by atoms with van der Waals surface area (Å²) in [6.45, 7) is 3.09. The van der Waals surface area contributed by atoms with E-state index in [-0.39, 0.29) is 24.5 Å². The Morgan fingerprint density at radius 3 is 2.27 bits per heavy atom. The normalized spacial score (nSPS) is 21.2. The number of carbonyl (C=O) groups excluding carboxylic acids is 2. The van der Waals surface area contributed by atoms with Crippen molar-refractivity contribution in [1.82, 2.24) is 9.80 Å². The molecule has 2 N–H and O–H groups in total. The molecule has 0 bridgehead atoms. The predicted molar refractivity (Wildman–Crippen MR) is 101 cm³/mol. The van der Waals surface area contributed by atoms with Crippen LogP contribution < -0.4 is 5.32 Å². The summed E-state index contributed by atoms with van der Waals surface area (Å²) in [6, 6.07) is 7.01. The van der Waals surface area contributed by atoms with Gasteiger partial charge in [-0.05, 0) is 55.9 Å². The molecule has 3 amide bonds. The van der Waals surface area contributed by atoms with E-state index in [1.165, 1.54) is 12.8 Å². The van der Waals surface area contributed by atoms with Gasteiger partial charge in [0.2, 0.25) is 0 Å². The Hall–Kier alpha value is -2.08. The molecule has 6 nitrogen and oxygen atoms in total. The van der Waals surface area contributed by atoms with Gasteiger partial charge in [0.05, 0.1) is 0 Å². The van der Waals surface area contributed by atoms with Crippen LogP contribution in [0, 0.1) is 5.92 Å². The van der Waals surface area contributed by atoms with Crippen molar-refractivity contribution in [2.24, 2.45) is 5.92 Å². The Kier molecular flexibility index (Phi) is 6.50. The van der Waals surface area contributed by atoms with Gasteiger partial charge in [0.25, 0.3) is 5.91 Å². The lowest BCUT2D eigenvalue weighted by Gasteiger charge is -2.31. The summed E-state index contributed by atoms with van der Waals surface area (Å²) < 4.78 is 0. The fourth-order valence-corrected chi connectivity index (χ4v) is 3.75. The van der Waals surface area contributed by atoms with Crippen molar-refractivity contribution in [1.29, 1.82) is 0 Å². The number of nitrogens with one attached hydrogen (secondary N) is 1. The van der Waals surface area contributed by atoms with Crippen molar-refractivity contribution in [2.45, 2.75) is 38.5 Å². The molecule has 0 aliphatic carbocycles. The second-order valence-electron chi connectivity index (χ2n) is 7.35. The number of aliphatic hydroxyl groups is 1. The molecule has 2 aliphatic heterocycles. The van der Waals surface area contributed by atoms with Gasteiger partial charge in [0.1, 0.15) is 0 Å². The topological polar surface area (TPSA) is 72.9 Å². The van der Waals surface area contributed by atoms with E-state index in [9.17, 15) is 14.7 Å². The Labute approximate surface area is 155 Å². The van der Waals surface area contributed by atoms with Crippen LogP contribution in [-0.4, -0.2) is 59.6 Å². The number of carbonyl (C=O) groups is 2. The summed E-state index contributed by atoms with van der Waals surface area (Å²) in [5, 5.41) is 12.2. The van der Waals surface area contributed by atoms with Crippen LogP contribution in [0.3, 0.4) is 0 Å². The maximum Gasteiger partial charge on any atom is 0.321 e. The van der Waals surface area contributed by atoms with Crippen molar-refractivity contribution in [2.75, 3.05) is 38.1 Å². The molecule has 1 aromatic carbocycles. The number of likely N-dealkylation sites (tertiary alicyclic amines) is 2. The van der Waals surface area contributed by atoms with Crippen molar-refractivity contribution in [3.63, 3.8) is 0 Å². The van der Waals surface area contributed by atoms with Gasteiger partial charge in [-0.2, -0.15) is 0 Å². The molecule has 2 aliphatic rings. The number of anilines is 1.